The Hall–Kier alpha value is -2.75. The van der Waals surface area contributed by atoms with Crippen molar-refractivity contribution in [3.05, 3.63) is 58.7 Å². The molecule has 0 heterocycles. The molecular weight excluding hydrogens is 362 g/mol. The first-order valence-corrected chi connectivity index (χ1v) is 10.3. The molecule has 2 aromatic rings. The van der Waals surface area contributed by atoms with Crippen molar-refractivity contribution in [3.8, 4) is 11.5 Å². The van der Waals surface area contributed by atoms with Crippen LogP contribution < -0.4 is 10.1 Å². The van der Waals surface area contributed by atoms with Crippen LogP contribution in [0.2, 0.25) is 0 Å². The van der Waals surface area contributed by atoms with Gasteiger partial charge in [-0.15, -0.1) is 0 Å². The van der Waals surface area contributed by atoms with Crippen molar-refractivity contribution in [2.75, 3.05) is 19.0 Å². The topological polar surface area (TPSA) is 58.6 Å². The molecular formula is C25H33NO3. The third kappa shape index (κ3) is 5.41. The highest BCUT2D eigenvalue weighted by Gasteiger charge is 2.21. The second-order valence-corrected chi connectivity index (χ2v) is 7.83. The van der Waals surface area contributed by atoms with Crippen LogP contribution in [0.15, 0.2) is 36.4 Å². The predicted octanol–water partition coefficient (Wildman–Crippen LogP) is 6.37. The number of hydrogen-bond donors (Lipinski definition) is 2. The Morgan fingerprint density at radius 3 is 2.24 bits per heavy atom. The summed E-state index contributed by atoms with van der Waals surface area (Å²) in [4.78, 5) is 12.7. The number of allylic oxidation sites excluding steroid dienone is 1. The molecule has 2 N–H and O–H groups in total. The molecule has 0 fully saturated rings. The summed E-state index contributed by atoms with van der Waals surface area (Å²) in [5.74, 6) is 1.12. The third-order valence-corrected chi connectivity index (χ3v) is 4.90. The number of phenolic OH excluding ortho intramolecular Hbond substituents is 1. The molecule has 0 aliphatic carbocycles. The molecule has 4 heteroatoms. The quantitative estimate of drug-likeness (QED) is 0.383. The minimum Gasteiger partial charge on any atom is -0.507 e. The maximum absolute atomic E-state index is 12.7. The summed E-state index contributed by atoms with van der Waals surface area (Å²) in [6.45, 7) is 10.9. The lowest BCUT2D eigenvalue weighted by atomic mass is 9.90. The van der Waals surface area contributed by atoms with E-state index in [1.807, 2.05) is 46.0 Å². The SMILES string of the molecule is CCCOc1c(C(C)C)cc(C(C)C)c(O)c1/C=C/C(=O)c1ccc(NC)cc1. The number of hydrogen-bond acceptors (Lipinski definition) is 4. The standard InChI is InChI=1S/C25H33NO3/c1-7-14-29-25-20(24(28)21(16(2)3)15-22(25)17(4)5)12-13-23(27)18-8-10-19(26-6)11-9-18/h8-13,15-17,26,28H,7,14H2,1-6H3/b13-12+. The van der Waals surface area contributed by atoms with E-state index in [9.17, 15) is 9.90 Å². The van der Waals surface area contributed by atoms with E-state index in [2.05, 4.69) is 19.2 Å². The van der Waals surface area contributed by atoms with Crippen molar-refractivity contribution in [2.45, 2.75) is 52.9 Å². The fourth-order valence-electron chi connectivity index (χ4n) is 3.17. The molecule has 0 aromatic heterocycles. The molecule has 2 aromatic carbocycles. The Balaban J connectivity index is 2.52. The van der Waals surface area contributed by atoms with Crippen molar-refractivity contribution in [2.24, 2.45) is 0 Å². The Bertz CT molecular complexity index is 865. The monoisotopic (exact) mass is 395 g/mol. The number of carbonyl (C=O) groups is 1. The van der Waals surface area contributed by atoms with Crippen LogP contribution in [0.25, 0.3) is 6.08 Å². The molecule has 0 radical (unpaired) electrons. The zero-order valence-corrected chi connectivity index (χ0v) is 18.4. The van der Waals surface area contributed by atoms with E-state index in [0.717, 1.165) is 23.2 Å². The number of ether oxygens (including phenoxy) is 1. The first-order chi connectivity index (χ1) is 13.8. The number of benzene rings is 2. The maximum Gasteiger partial charge on any atom is 0.185 e. The Morgan fingerprint density at radius 2 is 1.72 bits per heavy atom. The Kier molecular flexibility index (Phi) is 7.89. The summed E-state index contributed by atoms with van der Waals surface area (Å²) >= 11 is 0. The second kappa shape index (κ2) is 10.1. The van der Waals surface area contributed by atoms with Gasteiger partial charge in [0, 0.05) is 18.3 Å². The smallest absolute Gasteiger partial charge is 0.185 e. The predicted molar refractivity (Wildman–Crippen MR) is 121 cm³/mol. The molecule has 0 spiro atoms. The average Bonchev–Trinajstić information content (AvgIpc) is 2.70. The van der Waals surface area contributed by atoms with Crippen molar-refractivity contribution in [3.63, 3.8) is 0 Å². The Labute approximate surface area is 174 Å². The summed E-state index contributed by atoms with van der Waals surface area (Å²) in [5, 5.41) is 14.0. The highest BCUT2D eigenvalue weighted by molar-refractivity contribution is 6.07. The zero-order valence-electron chi connectivity index (χ0n) is 18.4. The van der Waals surface area contributed by atoms with E-state index in [0.29, 0.717) is 23.5 Å². The number of aromatic hydroxyl groups is 1. The lowest BCUT2D eigenvalue weighted by Gasteiger charge is -2.21. The summed E-state index contributed by atoms with van der Waals surface area (Å²) in [6, 6.07) is 9.34. The van der Waals surface area contributed by atoms with E-state index in [1.165, 1.54) is 6.08 Å². The van der Waals surface area contributed by atoms with Gasteiger partial charge >= 0.3 is 0 Å². The van der Waals surface area contributed by atoms with Crippen molar-refractivity contribution >= 4 is 17.5 Å². The molecule has 0 atom stereocenters. The van der Waals surface area contributed by atoms with Crippen LogP contribution in [0.4, 0.5) is 5.69 Å². The Morgan fingerprint density at radius 1 is 1.10 bits per heavy atom. The molecule has 0 aliphatic heterocycles. The number of carbonyl (C=O) groups excluding carboxylic acids is 1. The number of anilines is 1. The largest absolute Gasteiger partial charge is 0.507 e. The minimum absolute atomic E-state index is 0.116. The van der Waals surface area contributed by atoms with Gasteiger partial charge in [0.15, 0.2) is 5.78 Å². The van der Waals surface area contributed by atoms with Crippen molar-refractivity contribution in [1.82, 2.24) is 0 Å². The molecule has 0 unspecified atom stereocenters. The van der Waals surface area contributed by atoms with E-state index in [1.54, 1.807) is 18.2 Å². The van der Waals surface area contributed by atoms with Crippen LogP contribution in [-0.2, 0) is 0 Å². The molecule has 2 rings (SSSR count). The average molecular weight is 396 g/mol. The third-order valence-electron chi connectivity index (χ3n) is 4.90. The van der Waals surface area contributed by atoms with Gasteiger partial charge in [0.2, 0.25) is 0 Å². The summed E-state index contributed by atoms with van der Waals surface area (Å²) < 4.78 is 6.03. The van der Waals surface area contributed by atoms with Gasteiger partial charge in [-0.25, -0.2) is 0 Å². The number of phenols is 1. The lowest BCUT2D eigenvalue weighted by molar-refractivity contribution is 0.104. The van der Waals surface area contributed by atoms with Crippen LogP contribution in [0.3, 0.4) is 0 Å². The highest BCUT2D eigenvalue weighted by atomic mass is 16.5. The number of ketones is 1. The van der Waals surface area contributed by atoms with Gasteiger partial charge < -0.3 is 15.2 Å². The highest BCUT2D eigenvalue weighted by Crippen LogP contribution is 2.42. The summed E-state index contributed by atoms with van der Waals surface area (Å²) in [7, 11) is 1.84. The summed E-state index contributed by atoms with van der Waals surface area (Å²) in [6.07, 6.45) is 4.06. The summed E-state index contributed by atoms with van der Waals surface area (Å²) in [5.41, 5.74) is 4.03. The first-order valence-electron chi connectivity index (χ1n) is 10.3. The fourth-order valence-corrected chi connectivity index (χ4v) is 3.17. The van der Waals surface area contributed by atoms with Crippen molar-refractivity contribution in [1.29, 1.82) is 0 Å². The van der Waals surface area contributed by atoms with E-state index in [4.69, 9.17) is 4.74 Å². The van der Waals surface area contributed by atoms with Crippen molar-refractivity contribution < 1.29 is 14.6 Å². The number of nitrogens with one attached hydrogen (secondary N) is 1. The molecule has 0 saturated carbocycles. The molecule has 0 saturated heterocycles. The van der Waals surface area contributed by atoms with Gasteiger partial charge in [0.25, 0.3) is 0 Å². The maximum atomic E-state index is 12.7. The molecule has 4 nitrogen and oxygen atoms in total. The van der Waals surface area contributed by atoms with E-state index in [-0.39, 0.29) is 23.4 Å². The van der Waals surface area contributed by atoms with Gasteiger partial charge in [-0.2, -0.15) is 0 Å². The van der Waals surface area contributed by atoms with Crippen LogP contribution in [0, 0.1) is 0 Å². The van der Waals surface area contributed by atoms with Crippen LogP contribution in [-0.4, -0.2) is 24.5 Å². The minimum atomic E-state index is -0.116. The lowest BCUT2D eigenvalue weighted by Crippen LogP contribution is -2.05. The fraction of sp³-hybridized carbons (Fsp3) is 0.400. The first kappa shape index (κ1) is 22.5. The van der Waals surface area contributed by atoms with Gasteiger partial charge in [-0.05, 0) is 71.9 Å². The van der Waals surface area contributed by atoms with Gasteiger partial charge in [0.05, 0.1) is 12.2 Å². The van der Waals surface area contributed by atoms with Crippen LogP contribution >= 0.6 is 0 Å². The van der Waals surface area contributed by atoms with Gasteiger partial charge in [-0.1, -0.05) is 34.6 Å². The zero-order chi connectivity index (χ0) is 21.6. The van der Waals surface area contributed by atoms with Gasteiger partial charge in [0.1, 0.15) is 11.5 Å². The molecule has 0 bridgehead atoms. The van der Waals surface area contributed by atoms with Crippen LogP contribution in [0.5, 0.6) is 11.5 Å². The molecule has 156 valence electrons. The molecule has 29 heavy (non-hydrogen) atoms. The van der Waals surface area contributed by atoms with E-state index < -0.39 is 0 Å². The molecule has 0 aliphatic rings. The number of rotatable bonds is 9. The second-order valence-electron chi connectivity index (χ2n) is 7.83. The van der Waals surface area contributed by atoms with Gasteiger partial charge in [-0.3, -0.25) is 4.79 Å². The van der Waals surface area contributed by atoms with E-state index >= 15 is 0 Å². The normalized spacial score (nSPS) is 11.4. The van der Waals surface area contributed by atoms with Crippen LogP contribution in [0.1, 0.15) is 79.9 Å². The molecule has 0 amide bonds.